The van der Waals surface area contributed by atoms with Crippen molar-refractivity contribution in [1.29, 1.82) is 0 Å². The largest absolute Gasteiger partial charge is 0.456 e. The van der Waals surface area contributed by atoms with Crippen LogP contribution in [-0.2, 0) is 25.5 Å². The van der Waals surface area contributed by atoms with Gasteiger partial charge in [-0.25, -0.2) is 9.59 Å². The van der Waals surface area contributed by atoms with Gasteiger partial charge in [0.05, 0.1) is 5.56 Å². The summed E-state index contributed by atoms with van der Waals surface area (Å²) in [5.41, 5.74) is 0.915. The molecule has 222 valence electrons. The first-order chi connectivity index (χ1) is 19.1. The molecule has 10 heteroatoms. The summed E-state index contributed by atoms with van der Waals surface area (Å²) in [5, 5.41) is 14.8. The number of hydrogen-bond donors (Lipinski definition) is 3. The molecule has 10 nitrogen and oxygen atoms in total. The second-order valence-electron chi connectivity index (χ2n) is 12.2. The van der Waals surface area contributed by atoms with E-state index in [2.05, 4.69) is 10.6 Å². The SMILES string of the molecule is CC(C)(C)OC(=O)NC(Cc1ccc(N2CCC(CO)CC2=O)cc1)C(=O)Nc1ccc(C(=O)OC(C)(C)C)cc1. The molecule has 0 aromatic heterocycles. The van der Waals surface area contributed by atoms with Crippen LogP contribution in [0.15, 0.2) is 48.5 Å². The van der Waals surface area contributed by atoms with Crippen molar-refractivity contribution in [3.63, 3.8) is 0 Å². The molecule has 2 aromatic carbocycles. The average Bonchev–Trinajstić information content (AvgIpc) is 2.87. The van der Waals surface area contributed by atoms with Crippen LogP contribution in [0.25, 0.3) is 0 Å². The monoisotopic (exact) mass is 567 g/mol. The number of anilines is 2. The predicted octanol–water partition coefficient (Wildman–Crippen LogP) is 4.45. The van der Waals surface area contributed by atoms with Crippen molar-refractivity contribution in [3.8, 4) is 0 Å². The van der Waals surface area contributed by atoms with E-state index in [0.717, 1.165) is 17.7 Å². The average molecular weight is 568 g/mol. The summed E-state index contributed by atoms with van der Waals surface area (Å²) in [5.74, 6) is -0.983. The minimum atomic E-state index is -0.969. The highest BCUT2D eigenvalue weighted by molar-refractivity contribution is 5.98. The van der Waals surface area contributed by atoms with Gasteiger partial charge in [-0.3, -0.25) is 9.59 Å². The first-order valence-electron chi connectivity index (χ1n) is 13.8. The molecular formula is C31H41N3O7. The molecule has 3 rings (SSSR count). The first kappa shape index (κ1) is 31.6. The van der Waals surface area contributed by atoms with Crippen LogP contribution in [0.5, 0.6) is 0 Å². The van der Waals surface area contributed by atoms with Gasteiger partial charge in [0.15, 0.2) is 0 Å². The third-order valence-corrected chi connectivity index (χ3v) is 6.27. The summed E-state index contributed by atoms with van der Waals surface area (Å²) < 4.78 is 10.7. The summed E-state index contributed by atoms with van der Waals surface area (Å²) >= 11 is 0. The quantitative estimate of drug-likeness (QED) is 0.401. The fraction of sp³-hybridized carbons (Fsp3) is 0.484. The maximum absolute atomic E-state index is 13.3. The molecule has 3 amide bonds. The van der Waals surface area contributed by atoms with Crippen molar-refractivity contribution < 1.29 is 33.8 Å². The number of aliphatic hydroxyl groups excluding tert-OH is 1. The summed E-state index contributed by atoms with van der Waals surface area (Å²) in [7, 11) is 0. The molecule has 0 saturated carbocycles. The molecule has 2 aromatic rings. The van der Waals surface area contributed by atoms with E-state index in [1.807, 2.05) is 24.3 Å². The number of piperidine rings is 1. The van der Waals surface area contributed by atoms with Crippen LogP contribution in [0.2, 0.25) is 0 Å². The van der Waals surface area contributed by atoms with E-state index in [1.165, 1.54) is 0 Å². The molecule has 1 fully saturated rings. The fourth-order valence-electron chi connectivity index (χ4n) is 4.29. The lowest BCUT2D eigenvalue weighted by atomic mass is 9.96. The first-order valence-corrected chi connectivity index (χ1v) is 13.8. The van der Waals surface area contributed by atoms with Gasteiger partial charge in [0.2, 0.25) is 11.8 Å². The second-order valence-corrected chi connectivity index (χ2v) is 12.2. The van der Waals surface area contributed by atoms with Gasteiger partial charge in [-0.1, -0.05) is 12.1 Å². The Morgan fingerprint density at radius 2 is 1.56 bits per heavy atom. The summed E-state index contributed by atoms with van der Waals surface area (Å²) in [4.78, 5) is 52.4. The number of esters is 1. The minimum absolute atomic E-state index is 0.000500. The van der Waals surface area contributed by atoms with Gasteiger partial charge in [0, 0.05) is 37.4 Å². The van der Waals surface area contributed by atoms with Gasteiger partial charge >= 0.3 is 12.1 Å². The van der Waals surface area contributed by atoms with Crippen molar-refractivity contribution in [3.05, 3.63) is 59.7 Å². The van der Waals surface area contributed by atoms with E-state index in [0.29, 0.717) is 24.2 Å². The van der Waals surface area contributed by atoms with Gasteiger partial charge < -0.3 is 30.1 Å². The number of ether oxygens (including phenoxy) is 2. The lowest BCUT2D eigenvalue weighted by Crippen LogP contribution is -2.47. The highest BCUT2D eigenvalue weighted by Gasteiger charge is 2.28. The Balaban J connectivity index is 1.72. The molecule has 2 atom stereocenters. The molecule has 2 unspecified atom stereocenters. The number of aliphatic hydroxyl groups is 1. The van der Waals surface area contributed by atoms with Crippen molar-refractivity contribution in [2.75, 3.05) is 23.4 Å². The number of alkyl carbamates (subject to hydrolysis) is 1. The van der Waals surface area contributed by atoms with Crippen molar-refractivity contribution in [2.24, 2.45) is 5.92 Å². The lowest BCUT2D eigenvalue weighted by Gasteiger charge is -2.31. The Bertz CT molecular complexity index is 1230. The number of hydrogen-bond acceptors (Lipinski definition) is 7. The highest BCUT2D eigenvalue weighted by atomic mass is 16.6. The normalized spacial score (nSPS) is 16.5. The Hall–Kier alpha value is -3.92. The van der Waals surface area contributed by atoms with Crippen LogP contribution in [0, 0.1) is 5.92 Å². The molecule has 1 saturated heterocycles. The number of nitrogens with one attached hydrogen (secondary N) is 2. The van der Waals surface area contributed by atoms with Crippen molar-refractivity contribution >= 4 is 35.3 Å². The Morgan fingerprint density at radius 1 is 0.951 bits per heavy atom. The molecule has 3 N–H and O–H groups in total. The molecule has 0 spiro atoms. The van der Waals surface area contributed by atoms with E-state index in [-0.39, 0.29) is 24.9 Å². The topological polar surface area (TPSA) is 134 Å². The summed E-state index contributed by atoms with van der Waals surface area (Å²) in [6.45, 7) is 11.1. The molecule has 1 heterocycles. The zero-order valence-corrected chi connectivity index (χ0v) is 24.7. The van der Waals surface area contributed by atoms with Gasteiger partial charge in [-0.05, 0) is 95.8 Å². The standard InChI is InChI=1S/C31H41N3O7/c1-30(2,3)40-28(38)22-9-11-23(12-10-22)32-27(37)25(33-29(39)41-31(4,5)6)17-20-7-13-24(14-8-20)34-16-15-21(19-35)18-26(34)36/h7-14,21,25,35H,15-19H2,1-6H3,(H,32,37)(H,33,39). The van der Waals surface area contributed by atoms with E-state index in [4.69, 9.17) is 9.47 Å². The lowest BCUT2D eigenvalue weighted by molar-refractivity contribution is -0.121. The third-order valence-electron chi connectivity index (χ3n) is 6.27. The van der Waals surface area contributed by atoms with Crippen LogP contribution in [0.3, 0.4) is 0 Å². The van der Waals surface area contributed by atoms with Crippen LogP contribution in [0.4, 0.5) is 16.2 Å². The molecule has 0 bridgehead atoms. The number of amides is 3. The van der Waals surface area contributed by atoms with E-state index in [9.17, 15) is 24.3 Å². The molecular weight excluding hydrogens is 526 g/mol. The van der Waals surface area contributed by atoms with E-state index in [1.54, 1.807) is 70.7 Å². The summed E-state index contributed by atoms with van der Waals surface area (Å²) in [6.07, 6.45) is 0.470. The zero-order valence-electron chi connectivity index (χ0n) is 24.7. The van der Waals surface area contributed by atoms with Gasteiger partial charge in [0.1, 0.15) is 17.2 Å². The molecule has 0 radical (unpaired) electrons. The molecule has 1 aliphatic heterocycles. The highest BCUT2D eigenvalue weighted by Crippen LogP contribution is 2.25. The van der Waals surface area contributed by atoms with Crippen LogP contribution in [-0.4, -0.2) is 59.4 Å². The number of nitrogens with zero attached hydrogens (tertiary/aromatic N) is 1. The van der Waals surface area contributed by atoms with Crippen molar-refractivity contribution in [2.45, 2.75) is 78.0 Å². The zero-order chi connectivity index (χ0) is 30.4. The smallest absolute Gasteiger partial charge is 0.408 e. The Labute approximate surface area is 241 Å². The molecule has 1 aliphatic rings. The van der Waals surface area contributed by atoms with Crippen LogP contribution in [0.1, 0.15) is 70.3 Å². The van der Waals surface area contributed by atoms with E-state index < -0.39 is 35.2 Å². The Morgan fingerprint density at radius 3 is 2.10 bits per heavy atom. The van der Waals surface area contributed by atoms with Crippen LogP contribution >= 0.6 is 0 Å². The number of benzene rings is 2. The van der Waals surface area contributed by atoms with Crippen LogP contribution < -0.4 is 15.5 Å². The third kappa shape index (κ3) is 9.89. The Kier molecular flexibility index (Phi) is 10.1. The predicted molar refractivity (Wildman–Crippen MR) is 156 cm³/mol. The molecule has 41 heavy (non-hydrogen) atoms. The minimum Gasteiger partial charge on any atom is -0.456 e. The number of carbonyl (C=O) groups excluding carboxylic acids is 4. The fourth-order valence-corrected chi connectivity index (χ4v) is 4.29. The van der Waals surface area contributed by atoms with E-state index >= 15 is 0 Å². The maximum Gasteiger partial charge on any atom is 0.408 e. The molecule has 0 aliphatic carbocycles. The number of rotatable bonds is 8. The van der Waals surface area contributed by atoms with Gasteiger partial charge in [-0.15, -0.1) is 0 Å². The summed E-state index contributed by atoms with van der Waals surface area (Å²) in [6, 6.07) is 12.6. The van der Waals surface area contributed by atoms with Gasteiger partial charge in [0.25, 0.3) is 0 Å². The maximum atomic E-state index is 13.3. The second kappa shape index (κ2) is 13.2. The van der Waals surface area contributed by atoms with Gasteiger partial charge in [-0.2, -0.15) is 0 Å². The van der Waals surface area contributed by atoms with Crippen molar-refractivity contribution in [1.82, 2.24) is 5.32 Å². The number of carbonyl (C=O) groups is 4.